The molecule has 0 aliphatic heterocycles. The number of hydrogen-bond donors (Lipinski definition) is 0. The molecule has 2 heteroatoms. The van der Waals surface area contributed by atoms with E-state index in [4.69, 9.17) is 9.47 Å². The standard InChI is InChI=1S/C14H17O2/c1-4-15-14(16-5-2)10-9-13-8-6-7-12(3)11-13/h6-8,11,14H,3-5H2,1-2H3. The van der Waals surface area contributed by atoms with Crippen molar-refractivity contribution in [3.8, 4) is 11.8 Å². The van der Waals surface area contributed by atoms with Gasteiger partial charge in [0.15, 0.2) is 0 Å². The average Bonchev–Trinajstić information content (AvgIpc) is 2.27. The molecule has 0 amide bonds. The third kappa shape index (κ3) is 4.48. The zero-order chi connectivity index (χ0) is 11.8. The van der Waals surface area contributed by atoms with Gasteiger partial charge >= 0.3 is 0 Å². The largest absolute Gasteiger partial charge is 0.342 e. The Labute approximate surface area is 97.6 Å². The van der Waals surface area contributed by atoms with Crippen LogP contribution in [0.5, 0.6) is 0 Å². The lowest BCUT2D eigenvalue weighted by Gasteiger charge is -2.09. The molecule has 85 valence electrons. The van der Waals surface area contributed by atoms with Crippen LogP contribution in [0.3, 0.4) is 0 Å². The van der Waals surface area contributed by atoms with E-state index < -0.39 is 6.29 Å². The second kappa shape index (κ2) is 7.05. The first-order valence-corrected chi connectivity index (χ1v) is 5.43. The topological polar surface area (TPSA) is 18.5 Å². The van der Waals surface area contributed by atoms with Gasteiger partial charge in [-0.25, -0.2) is 0 Å². The van der Waals surface area contributed by atoms with Crippen molar-refractivity contribution in [2.75, 3.05) is 13.2 Å². The van der Waals surface area contributed by atoms with E-state index in [2.05, 4.69) is 18.8 Å². The van der Waals surface area contributed by atoms with Crippen molar-refractivity contribution in [2.45, 2.75) is 20.1 Å². The van der Waals surface area contributed by atoms with Crippen LogP contribution in [0.25, 0.3) is 0 Å². The van der Waals surface area contributed by atoms with Gasteiger partial charge in [0.1, 0.15) is 0 Å². The Balaban J connectivity index is 2.69. The van der Waals surface area contributed by atoms with E-state index in [1.54, 1.807) is 0 Å². The van der Waals surface area contributed by atoms with Crippen molar-refractivity contribution >= 4 is 0 Å². The first kappa shape index (κ1) is 12.8. The van der Waals surface area contributed by atoms with Crippen LogP contribution >= 0.6 is 0 Å². The molecule has 0 spiro atoms. The Morgan fingerprint density at radius 1 is 1.25 bits per heavy atom. The summed E-state index contributed by atoms with van der Waals surface area (Å²) >= 11 is 0. The van der Waals surface area contributed by atoms with Gasteiger partial charge in [-0.3, -0.25) is 0 Å². The highest BCUT2D eigenvalue weighted by Crippen LogP contribution is 2.02. The predicted octanol–water partition coefficient (Wildman–Crippen LogP) is 2.62. The van der Waals surface area contributed by atoms with Gasteiger partial charge in [0.2, 0.25) is 6.29 Å². The summed E-state index contributed by atoms with van der Waals surface area (Å²) in [5.74, 6) is 5.96. The Morgan fingerprint density at radius 3 is 2.50 bits per heavy atom. The first-order valence-electron chi connectivity index (χ1n) is 5.43. The van der Waals surface area contributed by atoms with Gasteiger partial charge in [-0.1, -0.05) is 18.1 Å². The molecule has 0 fully saturated rings. The highest BCUT2D eigenvalue weighted by molar-refractivity contribution is 5.38. The van der Waals surface area contributed by atoms with E-state index in [-0.39, 0.29) is 0 Å². The molecule has 0 atom stereocenters. The van der Waals surface area contributed by atoms with Crippen molar-refractivity contribution in [2.24, 2.45) is 0 Å². The normalized spacial score (nSPS) is 10.0. The maximum absolute atomic E-state index is 5.32. The van der Waals surface area contributed by atoms with Crippen molar-refractivity contribution in [3.05, 3.63) is 42.3 Å². The first-order chi connectivity index (χ1) is 7.76. The molecule has 0 bridgehead atoms. The Kier molecular flexibility index (Phi) is 5.63. The van der Waals surface area contributed by atoms with E-state index in [1.165, 1.54) is 0 Å². The van der Waals surface area contributed by atoms with Crippen LogP contribution in [0.4, 0.5) is 0 Å². The van der Waals surface area contributed by atoms with Crippen LogP contribution < -0.4 is 0 Å². The molecule has 0 heterocycles. The smallest absolute Gasteiger partial charge is 0.222 e. The minimum Gasteiger partial charge on any atom is -0.342 e. The van der Waals surface area contributed by atoms with Crippen molar-refractivity contribution < 1.29 is 9.47 Å². The predicted molar refractivity (Wildman–Crippen MR) is 64.8 cm³/mol. The summed E-state index contributed by atoms with van der Waals surface area (Å²) in [6.07, 6.45) is -0.441. The fourth-order valence-electron chi connectivity index (χ4n) is 1.23. The van der Waals surface area contributed by atoms with Gasteiger partial charge in [-0.15, -0.1) is 0 Å². The molecule has 2 nitrogen and oxygen atoms in total. The van der Waals surface area contributed by atoms with E-state index in [1.807, 2.05) is 38.1 Å². The highest BCUT2D eigenvalue weighted by Gasteiger charge is 2.01. The SMILES string of the molecule is [CH2]c1cccc(C#CC(OCC)OCC)c1. The minimum absolute atomic E-state index is 0.441. The number of rotatable bonds is 4. The van der Waals surface area contributed by atoms with Gasteiger partial charge in [0.05, 0.1) is 0 Å². The molecule has 1 rings (SSSR count). The summed E-state index contributed by atoms with van der Waals surface area (Å²) in [5.41, 5.74) is 1.88. The molecular formula is C14H17O2. The van der Waals surface area contributed by atoms with Crippen LogP contribution in [0, 0.1) is 18.8 Å². The Morgan fingerprint density at radius 2 is 1.94 bits per heavy atom. The Bertz CT molecular complexity index is 368. The van der Waals surface area contributed by atoms with Gasteiger partial charge in [-0.2, -0.15) is 0 Å². The summed E-state index contributed by atoms with van der Waals surface area (Å²) in [5, 5.41) is 0. The molecule has 1 radical (unpaired) electrons. The minimum atomic E-state index is -0.441. The summed E-state index contributed by atoms with van der Waals surface area (Å²) in [6.45, 7) is 8.88. The number of benzene rings is 1. The molecule has 0 saturated carbocycles. The molecule has 0 aromatic heterocycles. The highest BCUT2D eigenvalue weighted by atomic mass is 16.7. The summed E-state index contributed by atoms with van der Waals surface area (Å²) in [4.78, 5) is 0. The third-order valence-electron chi connectivity index (χ3n) is 1.90. The summed E-state index contributed by atoms with van der Waals surface area (Å²) in [7, 11) is 0. The van der Waals surface area contributed by atoms with Crippen LogP contribution in [0.2, 0.25) is 0 Å². The average molecular weight is 217 g/mol. The zero-order valence-corrected chi connectivity index (χ0v) is 9.82. The van der Waals surface area contributed by atoms with Gasteiger partial charge in [-0.05, 0) is 44.4 Å². The maximum Gasteiger partial charge on any atom is 0.222 e. The second-order valence-electron chi connectivity index (χ2n) is 3.21. The lowest BCUT2D eigenvalue weighted by molar-refractivity contribution is -0.0969. The van der Waals surface area contributed by atoms with Gasteiger partial charge in [0, 0.05) is 18.8 Å². The molecule has 16 heavy (non-hydrogen) atoms. The third-order valence-corrected chi connectivity index (χ3v) is 1.90. The lowest BCUT2D eigenvalue weighted by Crippen LogP contribution is -2.14. The summed E-state index contributed by atoms with van der Waals surface area (Å²) in [6, 6.07) is 7.75. The fourth-order valence-corrected chi connectivity index (χ4v) is 1.23. The van der Waals surface area contributed by atoms with E-state index >= 15 is 0 Å². The van der Waals surface area contributed by atoms with E-state index in [0.717, 1.165) is 11.1 Å². The fraction of sp³-hybridized carbons (Fsp3) is 0.357. The maximum atomic E-state index is 5.32. The monoisotopic (exact) mass is 217 g/mol. The van der Waals surface area contributed by atoms with Crippen molar-refractivity contribution in [1.82, 2.24) is 0 Å². The lowest BCUT2D eigenvalue weighted by atomic mass is 10.1. The van der Waals surface area contributed by atoms with Crippen LogP contribution in [-0.4, -0.2) is 19.5 Å². The molecule has 0 aliphatic carbocycles. The van der Waals surface area contributed by atoms with Gasteiger partial charge < -0.3 is 9.47 Å². The molecule has 1 aromatic carbocycles. The number of ether oxygens (including phenoxy) is 2. The van der Waals surface area contributed by atoms with Gasteiger partial charge in [0.25, 0.3) is 0 Å². The molecule has 1 aromatic rings. The molecule has 0 N–H and O–H groups in total. The van der Waals surface area contributed by atoms with Crippen LogP contribution in [-0.2, 0) is 9.47 Å². The molecule has 0 aliphatic rings. The molecule has 0 unspecified atom stereocenters. The van der Waals surface area contributed by atoms with Crippen molar-refractivity contribution in [3.63, 3.8) is 0 Å². The molecule has 0 saturated heterocycles. The van der Waals surface area contributed by atoms with Crippen LogP contribution in [0.1, 0.15) is 25.0 Å². The zero-order valence-electron chi connectivity index (χ0n) is 9.82. The van der Waals surface area contributed by atoms with E-state index in [0.29, 0.717) is 13.2 Å². The van der Waals surface area contributed by atoms with Crippen LogP contribution in [0.15, 0.2) is 24.3 Å². The van der Waals surface area contributed by atoms with E-state index in [9.17, 15) is 0 Å². The second-order valence-corrected chi connectivity index (χ2v) is 3.21. The number of hydrogen-bond acceptors (Lipinski definition) is 2. The van der Waals surface area contributed by atoms with Crippen molar-refractivity contribution in [1.29, 1.82) is 0 Å². The summed E-state index contributed by atoms with van der Waals surface area (Å²) < 4.78 is 10.6. The molecular weight excluding hydrogens is 200 g/mol. The Hall–Kier alpha value is -1.30. The quantitative estimate of drug-likeness (QED) is 0.570.